The van der Waals surface area contributed by atoms with Crippen molar-refractivity contribution >= 4 is 35.2 Å². The van der Waals surface area contributed by atoms with E-state index in [-0.39, 0.29) is 18.2 Å². The number of ether oxygens (including phenoxy) is 1. The van der Waals surface area contributed by atoms with Gasteiger partial charge >= 0.3 is 5.97 Å². The molecule has 2 N–H and O–H groups in total. The van der Waals surface area contributed by atoms with Crippen LogP contribution in [0.25, 0.3) is 22.5 Å². The Kier molecular flexibility index (Phi) is 10.0. The number of thioether (sulfide) groups is 1. The number of aliphatic carboxylic acids is 1. The van der Waals surface area contributed by atoms with Gasteiger partial charge in [-0.1, -0.05) is 41.9 Å². The van der Waals surface area contributed by atoms with Crippen LogP contribution >= 0.6 is 23.4 Å². The summed E-state index contributed by atoms with van der Waals surface area (Å²) >= 11 is 7.29. The topological polar surface area (TPSA) is 88.8 Å². The average molecular weight is 582 g/mol. The number of benzene rings is 3. The Bertz CT molecular complexity index is 1500. The van der Waals surface area contributed by atoms with Crippen molar-refractivity contribution in [1.82, 2.24) is 5.32 Å². The Labute approximate surface area is 241 Å². The molecule has 0 aliphatic carbocycles. The van der Waals surface area contributed by atoms with Gasteiger partial charge in [0.05, 0.1) is 11.6 Å². The molecule has 1 aromatic heterocycles. The molecule has 0 radical (unpaired) electrons. The summed E-state index contributed by atoms with van der Waals surface area (Å²) in [6.45, 7) is 2.39. The number of nitrogens with one attached hydrogen (secondary N) is 1. The van der Waals surface area contributed by atoms with Gasteiger partial charge < -0.3 is 19.6 Å². The number of carboxylic acid groups (broad SMARTS) is 1. The zero-order valence-electron chi connectivity index (χ0n) is 22.1. The van der Waals surface area contributed by atoms with E-state index in [1.165, 1.54) is 23.9 Å². The molecular weight excluding hydrogens is 553 g/mol. The maximum atomic E-state index is 13.8. The van der Waals surface area contributed by atoms with Gasteiger partial charge in [0, 0.05) is 11.1 Å². The van der Waals surface area contributed by atoms with E-state index in [2.05, 4.69) is 5.32 Å². The van der Waals surface area contributed by atoms with Crippen LogP contribution in [-0.2, 0) is 22.7 Å². The standard InChI is InChI=1S/C31H29ClFNO5S/c1-19-5-3-4-6-23(19)25-15-20(7-10-24(25)30(35)34-28(31(36)37)13-14-40-2)17-38-18-22-9-12-29(39-22)21-8-11-26(32)27(33)16-21/h3-12,15-16,28H,13-14,17-18H2,1-2H3,(H,34,35)(H,36,37)/t28-/m0/s1. The van der Waals surface area contributed by atoms with E-state index in [1.807, 2.05) is 43.5 Å². The first-order valence-corrected chi connectivity index (χ1v) is 14.4. The first-order valence-electron chi connectivity index (χ1n) is 12.6. The number of carboxylic acids is 1. The fourth-order valence-electron chi connectivity index (χ4n) is 4.24. The lowest BCUT2D eigenvalue weighted by Crippen LogP contribution is -2.41. The molecule has 4 rings (SSSR count). The van der Waals surface area contributed by atoms with E-state index in [1.54, 1.807) is 30.3 Å². The molecular formula is C31H29ClFNO5S. The zero-order valence-corrected chi connectivity index (χ0v) is 23.7. The molecule has 1 amide bonds. The van der Waals surface area contributed by atoms with Gasteiger partial charge in [0.2, 0.25) is 0 Å². The Morgan fingerprint density at radius 3 is 2.58 bits per heavy atom. The van der Waals surface area contributed by atoms with Gasteiger partial charge in [0.1, 0.15) is 30.0 Å². The van der Waals surface area contributed by atoms with Crippen LogP contribution in [0.1, 0.15) is 33.7 Å². The highest BCUT2D eigenvalue weighted by Gasteiger charge is 2.23. The Morgan fingerprint density at radius 2 is 1.85 bits per heavy atom. The van der Waals surface area contributed by atoms with E-state index in [0.29, 0.717) is 40.4 Å². The predicted octanol–water partition coefficient (Wildman–Crippen LogP) is 7.37. The summed E-state index contributed by atoms with van der Waals surface area (Å²) < 4.78 is 25.5. The van der Waals surface area contributed by atoms with Crippen LogP contribution in [0.15, 0.2) is 77.2 Å². The summed E-state index contributed by atoms with van der Waals surface area (Å²) in [7, 11) is 0. The minimum atomic E-state index is -1.06. The smallest absolute Gasteiger partial charge is 0.326 e. The van der Waals surface area contributed by atoms with Crippen molar-refractivity contribution in [3.05, 3.63) is 106 Å². The summed E-state index contributed by atoms with van der Waals surface area (Å²) in [5.74, 6) is -0.332. The second-order valence-corrected chi connectivity index (χ2v) is 10.6. The van der Waals surface area contributed by atoms with Gasteiger partial charge in [-0.3, -0.25) is 4.79 Å². The van der Waals surface area contributed by atoms with Crippen molar-refractivity contribution in [2.24, 2.45) is 0 Å². The molecule has 0 bridgehead atoms. The highest BCUT2D eigenvalue weighted by atomic mass is 35.5. The van der Waals surface area contributed by atoms with Crippen molar-refractivity contribution < 1.29 is 28.2 Å². The Balaban J connectivity index is 1.50. The molecule has 0 spiro atoms. The summed E-state index contributed by atoms with van der Waals surface area (Å²) in [6, 6.07) is 20.1. The summed E-state index contributed by atoms with van der Waals surface area (Å²) in [5, 5.41) is 12.3. The molecule has 208 valence electrons. The number of carbonyl (C=O) groups excluding carboxylic acids is 1. The molecule has 1 heterocycles. The lowest BCUT2D eigenvalue weighted by molar-refractivity contribution is -0.139. The maximum absolute atomic E-state index is 13.8. The van der Waals surface area contributed by atoms with Crippen molar-refractivity contribution in [2.45, 2.75) is 32.6 Å². The minimum Gasteiger partial charge on any atom is -0.480 e. The van der Waals surface area contributed by atoms with Crippen LogP contribution in [0.5, 0.6) is 0 Å². The summed E-state index contributed by atoms with van der Waals surface area (Å²) in [6.07, 6.45) is 2.22. The fraction of sp³-hybridized carbons (Fsp3) is 0.226. The number of aryl methyl sites for hydroxylation is 1. The quantitative estimate of drug-likeness (QED) is 0.182. The Hall–Kier alpha value is -3.59. The van der Waals surface area contributed by atoms with Crippen LogP contribution in [0.3, 0.4) is 0 Å². The van der Waals surface area contributed by atoms with Crippen molar-refractivity contribution in [2.75, 3.05) is 12.0 Å². The fourth-order valence-corrected chi connectivity index (χ4v) is 4.82. The van der Waals surface area contributed by atoms with Gasteiger partial charge in [-0.2, -0.15) is 11.8 Å². The molecule has 0 unspecified atom stereocenters. The Morgan fingerprint density at radius 1 is 1.05 bits per heavy atom. The number of furan rings is 1. The largest absolute Gasteiger partial charge is 0.480 e. The average Bonchev–Trinajstić information content (AvgIpc) is 3.41. The SMILES string of the molecule is CSCC[C@H](NC(=O)c1ccc(COCc2ccc(-c3ccc(Cl)c(F)c3)o2)cc1-c1ccccc1C)C(=O)O. The van der Waals surface area contributed by atoms with E-state index < -0.39 is 23.7 Å². The van der Waals surface area contributed by atoms with Gasteiger partial charge in [0.15, 0.2) is 0 Å². The number of rotatable bonds is 12. The molecule has 0 fully saturated rings. The molecule has 0 saturated heterocycles. The first kappa shape index (κ1) is 29.4. The molecule has 9 heteroatoms. The number of halogens is 2. The van der Waals surface area contributed by atoms with Crippen LogP contribution in [-0.4, -0.2) is 35.0 Å². The highest BCUT2D eigenvalue weighted by molar-refractivity contribution is 7.98. The van der Waals surface area contributed by atoms with Gasteiger partial charge in [-0.05, 0) is 90.1 Å². The molecule has 0 aliphatic heterocycles. The molecule has 0 saturated carbocycles. The highest BCUT2D eigenvalue weighted by Crippen LogP contribution is 2.29. The van der Waals surface area contributed by atoms with Gasteiger partial charge in [-0.15, -0.1) is 0 Å². The van der Waals surface area contributed by atoms with Crippen molar-refractivity contribution in [3.63, 3.8) is 0 Å². The second kappa shape index (κ2) is 13.7. The van der Waals surface area contributed by atoms with Crippen LogP contribution < -0.4 is 5.32 Å². The van der Waals surface area contributed by atoms with E-state index in [4.69, 9.17) is 20.8 Å². The van der Waals surface area contributed by atoms with Crippen molar-refractivity contribution in [3.8, 4) is 22.5 Å². The maximum Gasteiger partial charge on any atom is 0.326 e. The van der Waals surface area contributed by atoms with E-state index in [0.717, 1.165) is 16.7 Å². The van der Waals surface area contributed by atoms with Gasteiger partial charge in [0.25, 0.3) is 5.91 Å². The molecule has 1 atom stereocenters. The number of hydrogen-bond donors (Lipinski definition) is 2. The lowest BCUT2D eigenvalue weighted by Gasteiger charge is -2.17. The minimum absolute atomic E-state index is 0.0460. The van der Waals surface area contributed by atoms with Crippen molar-refractivity contribution in [1.29, 1.82) is 0 Å². The molecule has 0 aliphatic rings. The number of hydrogen-bond acceptors (Lipinski definition) is 5. The monoisotopic (exact) mass is 581 g/mol. The van der Waals surface area contributed by atoms with Crippen LogP contribution in [0.4, 0.5) is 4.39 Å². The molecule has 40 heavy (non-hydrogen) atoms. The number of amides is 1. The zero-order chi connectivity index (χ0) is 28.6. The van der Waals surface area contributed by atoms with E-state index >= 15 is 0 Å². The lowest BCUT2D eigenvalue weighted by atomic mass is 9.93. The molecule has 3 aromatic carbocycles. The van der Waals surface area contributed by atoms with E-state index in [9.17, 15) is 19.1 Å². The third-order valence-corrected chi connectivity index (χ3v) is 7.31. The normalized spacial score (nSPS) is 11.8. The van der Waals surface area contributed by atoms with Crippen LogP contribution in [0.2, 0.25) is 5.02 Å². The summed E-state index contributed by atoms with van der Waals surface area (Å²) in [4.78, 5) is 25.0. The molecule has 4 aromatic rings. The summed E-state index contributed by atoms with van der Waals surface area (Å²) in [5.41, 5.74) is 4.34. The third kappa shape index (κ3) is 7.33. The van der Waals surface area contributed by atoms with Crippen LogP contribution in [0, 0.1) is 12.7 Å². The first-order chi connectivity index (χ1) is 19.3. The number of carbonyl (C=O) groups is 2. The van der Waals surface area contributed by atoms with Gasteiger partial charge in [-0.25, -0.2) is 9.18 Å². The third-order valence-electron chi connectivity index (χ3n) is 6.36. The second-order valence-electron chi connectivity index (χ2n) is 9.23. The molecule has 6 nitrogen and oxygen atoms in total. The predicted molar refractivity (Wildman–Crippen MR) is 156 cm³/mol.